The molecule has 410 valence electrons. The predicted molar refractivity (Wildman–Crippen MR) is 297 cm³/mol. The van der Waals surface area contributed by atoms with Crippen LogP contribution in [-0.4, -0.2) is 66.5 Å². The van der Waals surface area contributed by atoms with Gasteiger partial charge in [0.25, 0.3) is 0 Å². The highest BCUT2D eigenvalue weighted by Crippen LogP contribution is 2.43. The number of ether oxygens (including phenoxy) is 3. The third-order valence-corrected chi connectivity index (χ3v) is 12.1. The number of phosphoric ester groups is 1. The van der Waals surface area contributed by atoms with Gasteiger partial charge in [0.2, 0.25) is 0 Å². The Kier molecular flexibility index (Phi) is 50.6. The summed E-state index contributed by atoms with van der Waals surface area (Å²) in [5.74, 6) is -1.65. The van der Waals surface area contributed by atoms with Crippen molar-refractivity contribution >= 4 is 25.7 Å². The van der Waals surface area contributed by atoms with Crippen LogP contribution in [0.25, 0.3) is 0 Å². The van der Waals surface area contributed by atoms with Crippen molar-refractivity contribution in [2.45, 2.75) is 226 Å². The molecule has 0 radical (unpaired) electrons. The van der Waals surface area contributed by atoms with Crippen LogP contribution in [-0.2, 0) is 42.2 Å². The fraction of sp³-hybridized carbons (Fsp3) is 0.650. The molecule has 0 amide bonds. The minimum atomic E-state index is -4.78. The van der Waals surface area contributed by atoms with Crippen molar-refractivity contribution in [2.24, 2.45) is 0 Å². The van der Waals surface area contributed by atoms with Crippen LogP contribution in [0.3, 0.4) is 0 Å². The molecular weight excluding hydrogens is 928 g/mol. The third kappa shape index (κ3) is 51.1. The number of hydrogen-bond donors (Lipinski definition) is 2. The number of esters is 3. The molecule has 0 heterocycles. The van der Waals surface area contributed by atoms with Gasteiger partial charge in [-0.2, -0.15) is 0 Å². The van der Waals surface area contributed by atoms with E-state index >= 15 is 0 Å². The highest BCUT2D eigenvalue weighted by molar-refractivity contribution is 7.47. The fourth-order valence-corrected chi connectivity index (χ4v) is 7.81. The van der Waals surface area contributed by atoms with E-state index in [4.69, 9.17) is 23.3 Å². The number of carbonyl (C=O) groups is 3. The van der Waals surface area contributed by atoms with Gasteiger partial charge in [-0.3, -0.25) is 23.4 Å². The minimum absolute atomic E-state index is 0.0618. The lowest BCUT2D eigenvalue weighted by atomic mass is 10.1. The molecule has 0 fully saturated rings. The maximum atomic E-state index is 12.9. The van der Waals surface area contributed by atoms with Crippen LogP contribution >= 0.6 is 7.82 Å². The summed E-state index contributed by atoms with van der Waals surface area (Å²) in [6, 6.07) is 0. The van der Waals surface area contributed by atoms with Crippen LogP contribution in [0.5, 0.6) is 0 Å². The van der Waals surface area contributed by atoms with Gasteiger partial charge in [-0.1, -0.05) is 201 Å². The summed E-state index contributed by atoms with van der Waals surface area (Å²) in [5.41, 5.74) is 0. The van der Waals surface area contributed by atoms with Crippen LogP contribution in [0.4, 0.5) is 0 Å². The molecule has 0 rings (SSSR count). The summed E-state index contributed by atoms with van der Waals surface area (Å²) in [6.07, 6.45) is 63.7. The Hall–Kier alpha value is -3.86. The first-order valence-electron chi connectivity index (χ1n) is 27.8. The van der Waals surface area contributed by atoms with Crippen molar-refractivity contribution in [2.75, 3.05) is 26.4 Å². The van der Waals surface area contributed by atoms with Gasteiger partial charge in [0.15, 0.2) is 6.10 Å². The molecule has 72 heavy (non-hydrogen) atoms. The first-order valence-corrected chi connectivity index (χ1v) is 29.3. The molecule has 2 N–H and O–H groups in total. The van der Waals surface area contributed by atoms with Crippen molar-refractivity contribution in [3.8, 4) is 0 Å². The number of carbonyl (C=O) groups excluding carboxylic acids is 3. The number of aliphatic hydroxyl groups excluding tert-OH is 1. The van der Waals surface area contributed by atoms with E-state index in [1.54, 1.807) is 6.08 Å². The lowest BCUT2D eigenvalue weighted by Crippen LogP contribution is -2.30. The molecule has 0 bridgehead atoms. The van der Waals surface area contributed by atoms with Gasteiger partial charge in [0.05, 0.1) is 26.2 Å². The Morgan fingerprint density at radius 2 is 0.778 bits per heavy atom. The molecule has 3 atom stereocenters. The zero-order valence-corrected chi connectivity index (χ0v) is 46.0. The van der Waals surface area contributed by atoms with E-state index in [1.807, 2.05) is 18.2 Å². The van der Waals surface area contributed by atoms with E-state index in [2.05, 4.69) is 106 Å². The SMILES string of the molecule is CC/C=C\C/C=C\C/C=C\C/C=C\C/C=C\CC(=O)OC(CO)COP(=O)(O)OCC(COC(=O)CCCCC/C=C\C/C=C\C/C=C\CC)OC(=O)CCCCCCCCC/C=C\CCCCCCCC. The molecule has 12 heteroatoms. The summed E-state index contributed by atoms with van der Waals surface area (Å²) in [5, 5.41) is 9.78. The monoisotopic (exact) mass is 1030 g/mol. The van der Waals surface area contributed by atoms with Gasteiger partial charge in [-0.05, 0) is 103 Å². The molecule has 0 spiro atoms. The largest absolute Gasteiger partial charge is 0.472 e. The van der Waals surface area contributed by atoms with E-state index in [0.29, 0.717) is 19.3 Å². The highest BCUT2D eigenvalue weighted by Gasteiger charge is 2.28. The van der Waals surface area contributed by atoms with Gasteiger partial charge >= 0.3 is 25.7 Å². The van der Waals surface area contributed by atoms with Gasteiger partial charge in [-0.15, -0.1) is 0 Å². The molecule has 0 aromatic rings. The molecule has 0 aliphatic rings. The first-order chi connectivity index (χ1) is 35.2. The van der Waals surface area contributed by atoms with E-state index in [0.717, 1.165) is 96.3 Å². The second-order valence-electron chi connectivity index (χ2n) is 18.0. The number of rotatable bonds is 50. The molecular formula is C60H99O11P. The highest BCUT2D eigenvalue weighted by atomic mass is 31.2. The van der Waals surface area contributed by atoms with Crippen LogP contribution in [0, 0.1) is 0 Å². The average Bonchev–Trinajstić information content (AvgIpc) is 3.37. The van der Waals surface area contributed by atoms with E-state index < -0.39 is 57.8 Å². The molecule has 0 aromatic carbocycles. The Morgan fingerprint density at radius 3 is 1.25 bits per heavy atom. The van der Waals surface area contributed by atoms with E-state index in [1.165, 1.54) is 57.8 Å². The van der Waals surface area contributed by atoms with Crippen LogP contribution < -0.4 is 0 Å². The smallest absolute Gasteiger partial charge is 0.462 e. The molecule has 0 aliphatic carbocycles. The lowest BCUT2D eigenvalue weighted by Gasteiger charge is -2.21. The Bertz CT molecular complexity index is 1620. The quantitative estimate of drug-likeness (QED) is 0.0197. The topological polar surface area (TPSA) is 155 Å². The van der Waals surface area contributed by atoms with E-state index in [9.17, 15) is 28.9 Å². The molecule has 0 aromatic heterocycles. The first kappa shape index (κ1) is 68.1. The number of aliphatic hydroxyl groups is 1. The maximum absolute atomic E-state index is 12.9. The number of allylic oxidation sites excluding steroid dienone is 17. The van der Waals surface area contributed by atoms with Gasteiger partial charge in [0, 0.05) is 12.8 Å². The molecule has 0 aliphatic heterocycles. The molecule has 3 unspecified atom stereocenters. The van der Waals surface area contributed by atoms with Crippen molar-refractivity contribution in [1.82, 2.24) is 0 Å². The van der Waals surface area contributed by atoms with Crippen molar-refractivity contribution in [1.29, 1.82) is 0 Å². The van der Waals surface area contributed by atoms with Crippen LogP contribution in [0.15, 0.2) is 109 Å². The number of hydrogen-bond acceptors (Lipinski definition) is 10. The molecule has 0 saturated heterocycles. The summed E-state index contributed by atoms with van der Waals surface area (Å²) in [6.45, 7) is 4.25. The third-order valence-electron chi connectivity index (χ3n) is 11.2. The molecule has 11 nitrogen and oxygen atoms in total. The van der Waals surface area contributed by atoms with Crippen LogP contribution in [0.1, 0.15) is 213 Å². The number of phosphoric acid groups is 1. The normalized spacial score (nSPS) is 14.2. The summed E-state index contributed by atoms with van der Waals surface area (Å²) in [4.78, 5) is 48.4. The van der Waals surface area contributed by atoms with Gasteiger partial charge in [-0.25, -0.2) is 4.57 Å². The van der Waals surface area contributed by atoms with Crippen molar-refractivity contribution in [3.63, 3.8) is 0 Å². The second kappa shape index (κ2) is 53.4. The summed E-state index contributed by atoms with van der Waals surface area (Å²) < 4.78 is 39.3. The fourth-order valence-electron chi connectivity index (χ4n) is 7.03. The lowest BCUT2D eigenvalue weighted by molar-refractivity contribution is -0.161. The van der Waals surface area contributed by atoms with Crippen molar-refractivity contribution in [3.05, 3.63) is 109 Å². The number of unbranched alkanes of at least 4 members (excludes halogenated alkanes) is 16. The van der Waals surface area contributed by atoms with Gasteiger partial charge < -0.3 is 24.2 Å². The predicted octanol–water partition coefficient (Wildman–Crippen LogP) is 16.2. The summed E-state index contributed by atoms with van der Waals surface area (Å²) >= 11 is 0. The standard InChI is InChI=1S/C60H99O11P/c1-4-7-10-13-16-19-22-25-27-28-30-33-36-39-42-45-48-51-60(64)71-57(53-67-58(62)49-46-43-40-37-34-31-24-21-18-15-12-9-6-3)55-69-72(65,66)68-54-56(52-61)70-59(63)50-47-44-41-38-35-32-29-26-23-20-17-14-11-8-5-2/h8-9,11-12,17-18,20-21,25-27,29,31,34-35,38,44,47,56-57,61H,4-7,10,13-16,19,22-24,28,30,32-33,36-37,39-43,45-46,48-55H2,1-3H3,(H,65,66)/b11-8-,12-9-,20-17-,21-18-,27-25-,29-26-,34-31-,38-35-,47-44-. The minimum Gasteiger partial charge on any atom is -0.462 e. The Morgan fingerprint density at radius 1 is 0.417 bits per heavy atom. The zero-order chi connectivity index (χ0) is 52.7. The van der Waals surface area contributed by atoms with Crippen LogP contribution in [0.2, 0.25) is 0 Å². The van der Waals surface area contributed by atoms with E-state index in [-0.39, 0.29) is 25.9 Å². The zero-order valence-electron chi connectivity index (χ0n) is 45.1. The Labute approximate surface area is 437 Å². The van der Waals surface area contributed by atoms with Gasteiger partial charge in [0.1, 0.15) is 12.7 Å². The maximum Gasteiger partial charge on any atom is 0.472 e. The Balaban J connectivity index is 4.85. The second-order valence-corrected chi connectivity index (χ2v) is 19.4. The van der Waals surface area contributed by atoms with Crippen molar-refractivity contribution < 1.29 is 52.2 Å². The molecule has 0 saturated carbocycles. The summed E-state index contributed by atoms with van der Waals surface area (Å²) in [7, 11) is -4.78. The average molecular weight is 1030 g/mol.